The first-order valence-corrected chi connectivity index (χ1v) is 8.22. The smallest absolute Gasteiger partial charge is 0.262 e. The summed E-state index contributed by atoms with van der Waals surface area (Å²) in [5.74, 6) is -0.272. The third-order valence-electron chi connectivity index (χ3n) is 3.79. The van der Waals surface area contributed by atoms with Gasteiger partial charge in [-0.3, -0.25) is 9.36 Å². The zero-order valence-electron chi connectivity index (χ0n) is 13.0. The standard InChI is InChI=1S/C17H17FN2O2S/c1-11-4-5-12(8-14(11)18)13-9-23-16-15(13)17(21)20(10-19-16)6-3-7-22-2/h4-5,8-10H,3,6-7H2,1-2H3. The number of halogens is 1. The molecule has 0 aliphatic carbocycles. The first kappa shape index (κ1) is 15.8. The van der Waals surface area contributed by atoms with E-state index in [1.807, 2.05) is 11.4 Å². The lowest BCUT2D eigenvalue weighted by molar-refractivity contribution is 0.190. The number of aromatic nitrogens is 2. The summed E-state index contributed by atoms with van der Waals surface area (Å²) in [6, 6.07) is 5.03. The quantitative estimate of drug-likeness (QED) is 0.671. The second-order valence-electron chi connectivity index (χ2n) is 5.38. The molecule has 120 valence electrons. The molecule has 0 amide bonds. The number of thiophene rings is 1. The molecule has 2 aromatic heterocycles. The molecule has 0 radical (unpaired) electrons. The maximum atomic E-state index is 13.8. The summed E-state index contributed by atoms with van der Waals surface area (Å²) < 4.78 is 20.5. The molecule has 4 nitrogen and oxygen atoms in total. The van der Waals surface area contributed by atoms with E-state index in [4.69, 9.17) is 4.74 Å². The summed E-state index contributed by atoms with van der Waals surface area (Å²) in [7, 11) is 1.63. The van der Waals surface area contributed by atoms with Crippen molar-refractivity contribution in [3.63, 3.8) is 0 Å². The average molecular weight is 332 g/mol. The van der Waals surface area contributed by atoms with Crippen LogP contribution < -0.4 is 5.56 Å². The Morgan fingerprint density at radius 3 is 2.96 bits per heavy atom. The molecule has 3 aromatic rings. The van der Waals surface area contributed by atoms with Gasteiger partial charge in [0.2, 0.25) is 0 Å². The second-order valence-corrected chi connectivity index (χ2v) is 6.24. The monoisotopic (exact) mass is 332 g/mol. The van der Waals surface area contributed by atoms with Crippen LogP contribution in [-0.4, -0.2) is 23.3 Å². The van der Waals surface area contributed by atoms with Gasteiger partial charge in [0.25, 0.3) is 5.56 Å². The second kappa shape index (κ2) is 6.60. The number of methoxy groups -OCH3 is 1. The Balaban J connectivity index is 2.09. The van der Waals surface area contributed by atoms with E-state index in [9.17, 15) is 9.18 Å². The molecule has 0 fully saturated rings. The summed E-state index contributed by atoms with van der Waals surface area (Å²) >= 11 is 1.40. The number of hydrogen-bond acceptors (Lipinski definition) is 4. The highest BCUT2D eigenvalue weighted by molar-refractivity contribution is 7.17. The van der Waals surface area contributed by atoms with Crippen LogP contribution in [0, 0.1) is 12.7 Å². The summed E-state index contributed by atoms with van der Waals surface area (Å²) in [6.45, 7) is 2.85. The minimum atomic E-state index is -0.272. The van der Waals surface area contributed by atoms with Crippen LogP contribution in [0.2, 0.25) is 0 Å². The largest absolute Gasteiger partial charge is 0.385 e. The molecular formula is C17H17FN2O2S. The van der Waals surface area contributed by atoms with Crippen LogP contribution in [0.1, 0.15) is 12.0 Å². The average Bonchev–Trinajstić information content (AvgIpc) is 2.97. The minimum absolute atomic E-state index is 0.0941. The van der Waals surface area contributed by atoms with Crippen molar-refractivity contribution in [1.29, 1.82) is 0 Å². The lowest BCUT2D eigenvalue weighted by Crippen LogP contribution is -2.21. The molecule has 0 aliphatic rings. The Labute approximate surface area is 137 Å². The van der Waals surface area contributed by atoms with Crippen LogP contribution in [0.3, 0.4) is 0 Å². The van der Waals surface area contributed by atoms with E-state index in [0.29, 0.717) is 34.5 Å². The third kappa shape index (κ3) is 3.04. The van der Waals surface area contributed by atoms with Crippen molar-refractivity contribution in [3.8, 4) is 11.1 Å². The molecule has 3 rings (SSSR count). The molecule has 0 saturated carbocycles. The molecule has 0 N–H and O–H groups in total. The van der Waals surface area contributed by atoms with E-state index in [1.54, 1.807) is 31.0 Å². The van der Waals surface area contributed by atoms with Gasteiger partial charge in [-0.1, -0.05) is 12.1 Å². The van der Waals surface area contributed by atoms with Gasteiger partial charge in [-0.05, 0) is 30.5 Å². The van der Waals surface area contributed by atoms with E-state index >= 15 is 0 Å². The van der Waals surface area contributed by atoms with Crippen LogP contribution in [-0.2, 0) is 11.3 Å². The number of fused-ring (bicyclic) bond motifs is 1. The zero-order valence-corrected chi connectivity index (χ0v) is 13.8. The highest BCUT2D eigenvalue weighted by Crippen LogP contribution is 2.31. The molecule has 0 atom stereocenters. The normalized spacial score (nSPS) is 11.3. The number of nitrogens with zero attached hydrogens (tertiary/aromatic N) is 2. The Hall–Kier alpha value is -2.05. The SMILES string of the molecule is COCCCn1cnc2scc(-c3ccc(C)c(F)c3)c2c1=O. The predicted molar refractivity (Wildman–Crippen MR) is 90.5 cm³/mol. The van der Waals surface area contributed by atoms with Gasteiger partial charge in [-0.15, -0.1) is 11.3 Å². The molecule has 1 aromatic carbocycles. The summed E-state index contributed by atoms with van der Waals surface area (Å²) in [4.78, 5) is 17.8. The lowest BCUT2D eigenvalue weighted by atomic mass is 10.0. The first-order chi connectivity index (χ1) is 11.1. The van der Waals surface area contributed by atoms with Crippen LogP contribution in [0.4, 0.5) is 4.39 Å². The summed E-state index contributed by atoms with van der Waals surface area (Å²) in [5, 5.41) is 2.42. The predicted octanol–water partition coefficient (Wildman–Crippen LogP) is 3.61. The van der Waals surface area contributed by atoms with Gasteiger partial charge in [-0.25, -0.2) is 9.37 Å². The number of rotatable bonds is 5. The molecule has 23 heavy (non-hydrogen) atoms. The Bertz CT molecular complexity index is 901. The summed E-state index contributed by atoms with van der Waals surface area (Å²) in [5.41, 5.74) is 1.93. The fraction of sp³-hybridized carbons (Fsp3) is 0.294. The first-order valence-electron chi connectivity index (χ1n) is 7.34. The van der Waals surface area contributed by atoms with Gasteiger partial charge in [0, 0.05) is 31.2 Å². The van der Waals surface area contributed by atoms with E-state index in [2.05, 4.69) is 4.98 Å². The van der Waals surface area contributed by atoms with Crippen molar-refractivity contribution in [3.05, 3.63) is 51.6 Å². The van der Waals surface area contributed by atoms with Crippen molar-refractivity contribution in [1.82, 2.24) is 9.55 Å². The van der Waals surface area contributed by atoms with Crippen molar-refractivity contribution in [2.75, 3.05) is 13.7 Å². The molecule has 6 heteroatoms. The minimum Gasteiger partial charge on any atom is -0.385 e. The molecule has 0 saturated heterocycles. The lowest BCUT2D eigenvalue weighted by Gasteiger charge is -2.06. The molecule has 0 unspecified atom stereocenters. The van der Waals surface area contributed by atoms with Gasteiger partial charge in [-0.2, -0.15) is 0 Å². The van der Waals surface area contributed by atoms with E-state index in [0.717, 1.165) is 12.0 Å². The van der Waals surface area contributed by atoms with Crippen LogP contribution in [0.15, 0.2) is 34.7 Å². The zero-order chi connectivity index (χ0) is 16.4. The van der Waals surface area contributed by atoms with E-state index < -0.39 is 0 Å². The molecular weight excluding hydrogens is 315 g/mol. The fourth-order valence-electron chi connectivity index (χ4n) is 2.48. The van der Waals surface area contributed by atoms with Crippen LogP contribution >= 0.6 is 11.3 Å². The van der Waals surface area contributed by atoms with Crippen molar-refractivity contribution >= 4 is 21.6 Å². The number of hydrogen-bond donors (Lipinski definition) is 0. The fourth-order valence-corrected chi connectivity index (χ4v) is 3.39. The Morgan fingerprint density at radius 2 is 2.22 bits per heavy atom. The Morgan fingerprint density at radius 1 is 1.39 bits per heavy atom. The highest BCUT2D eigenvalue weighted by atomic mass is 32.1. The van der Waals surface area contributed by atoms with Crippen LogP contribution in [0.25, 0.3) is 21.3 Å². The van der Waals surface area contributed by atoms with Gasteiger partial charge < -0.3 is 4.74 Å². The van der Waals surface area contributed by atoms with Gasteiger partial charge in [0.05, 0.1) is 11.7 Å². The highest BCUT2D eigenvalue weighted by Gasteiger charge is 2.14. The number of ether oxygens (including phenoxy) is 1. The molecule has 0 aliphatic heterocycles. The van der Waals surface area contributed by atoms with Crippen molar-refractivity contribution in [2.24, 2.45) is 0 Å². The van der Waals surface area contributed by atoms with Crippen molar-refractivity contribution < 1.29 is 9.13 Å². The molecule has 0 spiro atoms. The van der Waals surface area contributed by atoms with Gasteiger partial charge in [0.15, 0.2) is 0 Å². The molecule has 2 heterocycles. The maximum Gasteiger partial charge on any atom is 0.262 e. The van der Waals surface area contributed by atoms with E-state index in [1.165, 1.54) is 17.4 Å². The summed E-state index contributed by atoms with van der Waals surface area (Å²) in [6.07, 6.45) is 2.30. The molecule has 0 bridgehead atoms. The van der Waals surface area contributed by atoms with Crippen LogP contribution in [0.5, 0.6) is 0 Å². The van der Waals surface area contributed by atoms with Gasteiger partial charge in [0.1, 0.15) is 10.6 Å². The number of aryl methyl sites for hydroxylation is 2. The van der Waals surface area contributed by atoms with Gasteiger partial charge >= 0.3 is 0 Å². The Kier molecular flexibility index (Phi) is 4.54. The van der Waals surface area contributed by atoms with E-state index in [-0.39, 0.29) is 11.4 Å². The third-order valence-corrected chi connectivity index (χ3v) is 4.68. The maximum absolute atomic E-state index is 13.8. The number of benzene rings is 1. The van der Waals surface area contributed by atoms with Crippen molar-refractivity contribution in [2.45, 2.75) is 19.9 Å². The topological polar surface area (TPSA) is 44.1 Å².